The molecular weight excluding hydrogens is 264 g/mol. The van der Waals surface area contributed by atoms with Gasteiger partial charge in [0.1, 0.15) is 5.75 Å². The second kappa shape index (κ2) is 6.93. The molecule has 0 aliphatic heterocycles. The Hall–Kier alpha value is -2.29. The maximum atomic E-state index is 11.1. The molecule has 0 aromatic heterocycles. The number of aryl methyl sites for hydroxylation is 1. The van der Waals surface area contributed by atoms with E-state index in [1.54, 1.807) is 12.1 Å². The zero-order valence-corrected chi connectivity index (χ0v) is 12.4. The molecule has 1 N–H and O–H groups in total. The highest BCUT2D eigenvalue weighted by atomic mass is 16.5. The molecule has 110 valence electrons. The highest BCUT2D eigenvalue weighted by Gasteiger charge is 2.09. The van der Waals surface area contributed by atoms with Crippen molar-refractivity contribution < 1.29 is 14.6 Å². The number of carbonyl (C=O) groups is 1. The summed E-state index contributed by atoms with van der Waals surface area (Å²) >= 11 is 0. The van der Waals surface area contributed by atoms with Crippen LogP contribution in [0.4, 0.5) is 0 Å². The predicted molar refractivity (Wildman–Crippen MR) is 84.0 cm³/mol. The quantitative estimate of drug-likeness (QED) is 0.855. The van der Waals surface area contributed by atoms with Gasteiger partial charge in [0.2, 0.25) is 0 Å². The van der Waals surface area contributed by atoms with Gasteiger partial charge >= 0.3 is 5.97 Å². The Morgan fingerprint density at radius 1 is 1.10 bits per heavy atom. The van der Waals surface area contributed by atoms with E-state index in [4.69, 9.17) is 9.84 Å². The second-order valence-electron chi connectivity index (χ2n) is 4.90. The van der Waals surface area contributed by atoms with Crippen LogP contribution in [0.15, 0.2) is 42.5 Å². The zero-order valence-electron chi connectivity index (χ0n) is 12.4. The van der Waals surface area contributed by atoms with Gasteiger partial charge in [-0.05, 0) is 53.8 Å². The SMILES string of the molecule is CCCOc1ccc(-c2cc(C(=O)O)ccc2CC)cc1. The van der Waals surface area contributed by atoms with Gasteiger partial charge in [0, 0.05) is 0 Å². The molecule has 0 amide bonds. The average molecular weight is 284 g/mol. The average Bonchev–Trinajstić information content (AvgIpc) is 2.52. The van der Waals surface area contributed by atoms with E-state index >= 15 is 0 Å². The molecule has 2 aromatic rings. The highest BCUT2D eigenvalue weighted by molar-refractivity contribution is 5.90. The van der Waals surface area contributed by atoms with E-state index in [-0.39, 0.29) is 0 Å². The molecule has 0 aliphatic carbocycles. The van der Waals surface area contributed by atoms with Crippen molar-refractivity contribution in [2.45, 2.75) is 26.7 Å². The van der Waals surface area contributed by atoms with Crippen LogP contribution in [-0.2, 0) is 6.42 Å². The Kier molecular flexibility index (Phi) is 4.99. The Labute approximate surface area is 125 Å². The minimum Gasteiger partial charge on any atom is -0.494 e. The number of carboxylic acid groups (broad SMARTS) is 1. The summed E-state index contributed by atoms with van der Waals surface area (Å²) in [5.41, 5.74) is 3.44. The molecule has 0 fully saturated rings. The fourth-order valence-electron chi connectivity index (χ4n) is 2.24. The number of benzene rings is 2. The Bertz CT molecular complexity index is 615. The van der Waals surface area contributed by atoms with Crippen molar-refractivity contribution in [3.63, 3.8) is 0 Å². The van der Waals surface area contributed by atoms with E-state index in [0.717, 1.165) is 35.3 Å². The lowest BCUT2D eigenvalue weighted by molar-refractivity contribution is 0.0697. The molecule has 0 saturated heterocycles. The second-order valence-corrected chi connectivity index (χ2v) is 4.90. The van der Waals surface area contributed by atoms with Gasteiger partial charge in [-0.1, -0.05) is 32.0 Å². The van der Waals surface area contributed by atoms with Gasteiger partial charge in [0.15, 0.2) is 0 Å². The number of rotatable bonds is 6. The number of hydrogen-bond acceptors (Lipinski definition) is 2. The largest absolute Gasteiger partial charge is 0.494 e. The third-order valence-electron chi connectivity index (χ3n) is 3.38. The Morgan fingerprint density at radius 2 is 1.81 bits per heavy atom. The summed E-state index contributed by atoms with van der Waals surface area (Å²) in [7, 11) is 0. The van der Waals surface area contributed by atoms with E-state index in [1.807, 2.05) is 30.3 Å². The normalized spacial score (nSPS) is 10.4. The van der Waals surface area contributed by atoms with Crippen LogP contribution in [0.3, 0.4) is 0 Å². The molecule has 2 rings (SSSR count). The zero-order chi connectivity index (χ0) is 15.2. The van der Waals surface area contributed by atoms with Gasteiger partial charge in [-0.25, -0.2) is 4.79 Å². The van der Waals surface area contributed by atoms with E-state index in [2.05, 4.69) is 13.8 Å². The van der Waals surface area contributed by atoms with Crippen LogP contribution >= 0.6 is 0 Å². The summed E-state index contributed by atoms with van der Waals surface area (Å²) in [6, 6.07) is 13.1. The van der Waals surface area contributed by atoms with E-state index in [1.165, 1.54) is 0 Å². The first-order chi connectivity index (χ1) is 10.2. The smallest absolute Gasteiger partial charge is 0.335 e. The summed E-state index contributed by atoms with van der Waals surface area (Å²) < 4.78 is 5.57. The lowest BCUT2D eigenvalue weighted by Gasteiger charge is -2.11. The van der Waals surface area contributed by atoms with E-state index in [0.29, 0.717) is 12.2 Å². The monoisotopic (exact) mass is 284 g/mol. The van der Waals surface area contributed by atoms with Crippen LogP contribution in [0.25, 0.3) is 11.1 Å². The molecule has 21 heavy (non-hydrogen) atoms. The van der Waals surface area contributed by atoms with Crippen LogP contribution in [0.5, 0.6) is 5.75 Å². The highest BCUT2D eigenvalue weighted by Crippen LogP contribution is 2.27. The fourth-order valence-corrected chi connectivity index (χ4v) is 2.24. The van der Waals surface area contributed by atoms with Crippen LogP contribution in [0.2, 0.25) is 0 Å². The topological polar surface area (TPSA) is 46.5 Å². The summed E-state index contributed by atoms with van der Waals surface area (Å²) in [6.07, 6.45) is 1.84. The number of hydrogen-bond donors (Lipinski definition) is 1. The fraction of sp³-hybridized carbons (Fsp3) is 0.278. The van der Waals surface area contributed by atoms with Gasteiger partial charge in [-0.3, -0.25) is 0 Å². The predicted octanol–water partition coefficient (Wildman–Crippen LogP) is 4.40. The van der Waals surface area contributed by atoms with Gasteiger partial charge in [-0.2, -0.15) is 0 Å². The summed E-state index contributed by atoms with van der Waals surface area (Å²) in [4.78, 5) is 11.1. The van der Waals surface area contributed by atoms with E-state index < -0.39 is 5.97 Å². The summed E-state index contributed by atoms with van der Waals surface area (Å²) in [5, 5.41) is 9.14. The summed E-state index contributed by atoms with van der Waals surface area (Å²) in [6.45, 7) is 4.84. The molecule has 0 aliphatic rings. The molecule has 0 atom stereocenters. The van der Waals surface area contributed by atoms with Crippen molar-refractivity contribution in [1.29, 1.82) is 0 Å². The minimum absolute atomic E-state index is 0.313. The third kappa shape index (κ3) is 3.63. The van der Waals surface area contributed by atoms with Gasteiger partial charge in [0.25, 0.3) is 0 Å². The lowest BCUT2D eigenvalue weighted by atomic mass is 9.96. The molecule has 0 unspecified atom stereocenters. The van der Waals surface area contributed by atoms with Crippen molar-refractivity contribution in [3.8, 4) is 16.9 Å². The van der Waals surface area contributed by atoms with Crippen LogP contribution in [-0.4, -0.2) is 17.7 Å². The van der Waals surface area contributed by atoms with Gasteiger partial charge in [-0.15, -0.1) is 0 Å². The van der Waals surface area contributed by atoms with E-state index in [9.17, 15) is 4.79 Å². The van der Waals surface area contributed by atoms with Gasteiger partial charge < -0.3 is 9.84 Å². The molecule has 0 heterocycles. The standard InChI is InChI=1S/C18H20O3/c1-3-11-21-16-9-7-14(8-10-16)17-12-15(18(19)20)6-5-13(17)4-2/h5-10,12H,3-4,11H2,1-2H3,(H,19,20). The third-order valence-corrected chi connectivity index (χ3v) is 3.38. The number of ether oxygens (including phenoxy) is 1. The Balaban J connectivity index is 2.35. The van der Waals surface area contributed by atoms with Crippen LogP contribution < -0.4 is 4.74 Å². The molecule has 2 aromatic carbocycles. The first-order valence-corrected chi connectivity index (χ1v) is 7.25. The number of carboxylic acids is 1. The van der Waals surface area contributed by atoms with Crippen molar-refractivity contribution in [1.82, 2.24) is 0 Å². The van der Waals surface area contributed by atoms with Crippen LogP contribution in [0.1, 0.15) is 36.2 Å². The molecule has 0 radical (unpaired) electrons. The maximum absolute atomic E-state index is 11.1. The first kappa shape index (κ1) is 15.1. The molecule has 0 bridgehead atoms. The number of aromatic carboxylic acids is 1. The van der Waals surface area contributed by atoms with Crippen molar-refractivity contribution in [2.24, 2.45) is 0 Å². The first-order valence-electron chi connectivity index (χ1n) is 7.25. The molecular formula is C18H20O3. The minimum atomic E-state index is -0.901. The van der Waals surface area contributed by atoms with Crippen molar-refractivity contribution >= 4 is 5.97 Å². The molecule has 3 nitrogen and oxygen atoms in total. The maximum Gasteiger partial charge on any atom is 0.335 e. The lowest BCUT2D eigenvalue weighted by Crippen LogP contribution is -1.99. The summed E-state index contributed by atoms with van der Waals surface area (Å²) in [5.74, 6) is -0.0603. The molecule has 3 heteroatoms. The van der Waals surface area contributed by atoms with Crippen molar-refractivity contribution in [2.75, 3.05) is 6.61 Å². The van der Waals surface area contributed by atoms with Gasteiger partial charge in [0.05, 0.1) is 12.2 Å². The Morgan fingerprint density at radius 3 is 2.38 bits per heavy atom. The molecule has 0 spiro atoms. The molecule has 0 saturated carbocycles. The van der Waals surface area contributed by atoms with Crippen molar-refractivity contribution in [3.05, 3.63) is 53.6 Å². The van der Waals surface area contributed by atoms with Crippen LogP contribution in [0, 0.1) is 0 Å².